The van der Waals surface area contributed by atoms with Gasteiger partial charge >= 0.3 is 0 Å². The average molecular weight is 120 g/mol. The molecule has 42 valence electrons. The van der Waals surface area contributed by atoms with E-state index in [-0.39, 0.29) is 0 Å². The molecule has 0 radical (unpaired) electrons. The van der Waals surface area contributed by atoms with Gasteiger partial charge in [-0.1, -0.05) is 11.6 Å². The van der Waals surface area contributed by atoms with Crippen molar-refractivity contribution in [1.29, 1.82) is 0 Å². The van der Waals surface area contributed by atoms with E-state index < -0.39 is 0 Å². The highest BCUT2D eigenvalue weighted by molar-refractivity contribution is 6.25. The molecule has 0 saturated carbocycles. The standard InChI is InChI=1S/C5H10ClN/c1-5(4-6)7(2)3/h4H,1-3H3/b5-4+. The van der Waals surface area contributed by atoms with Crippen LogP contribution in [-0.2, 0) is 0 Å². The summed E-state index contributed by atoms with van der Waals surface area (Å²) in [6, 6.07) is 0. The SMILES string of the molecule is C/C(=C\Cl)N(C)C. The van der Waals surface area contributed by atoms with Crippen LogP contribution < -0.4 is 0 Å². The maximum absolute atomic E-state index is 5.34. The summed E-state index contributed by atoms with van der Waals surface area (Å²) >= 11 is 5.34. The third-order valence-corrected chi connectivity index (χ3v) is 1.18. The quantitative estimate of drug-likeness (QED) is 0.508. The highest BCUT2D eigenvalue weighted by Crippen LogP contribution is 1.95. The molecule has 0 bridgehead atoms. The van der Waals surface area contributed by atoms with Crippen LogP contribution in [0.3, 0.4) is 0 Å². The summed E-state index contributed by atoms with van der Waals surface area (Å²) in [5.41, 5.74) is 2.63. The summed E-state index contributed by atoms with van der Waals surface area (Å²) in [5.74, 6) is 0. The first kappa shape index (κ1) is 6.83. The summed E-state index contributed by atoms with van der Waals surface area (Å²) in [5, 5.41) is 0. The van der Waals surface area contributed by atoms with Crippen LogP contribution in [0.15, 0.2) is 11.2 Å². The lowest BCUT2D eigenvalue weighted by Gasteiger charge is -2.09. The molecule has 0 aromatic heterocycles. The van der Waals surface area contributed by atoms with Crippen molar-refractivity contribution in [1.82, 2.24) is 4.90 Å². The lowest BCUT2D eigenvalue weighted by molar-refractivity contribution is 0.515. The minimum Gasteiger partial charge on any atom is -0.380 e. The number of hydrogen-bond acceptors (Lipinski definition) is 1. The summed E-state index contributed by atoms with van der Waals surface area (Å²) in [6.45, 7) is 1.95. The van der Waals surface area contributed by atoms with Crippen molar-refractivity contribution in [2.75, 3.05) is 14.1 Å². The van der Waals surface area contributed by atoms with Gasteiger partial charge in [-0.05, 0) is 6.92 Å². The van der Waals surface area contributed by atoms with E-state index in [9.17, 15) is 0 Å². The van der Waals surface area contributed by atoms with E-state index in [2.05, 4.69) is 0 Å². The van der Waals surface area contributed by atoms with Crippen LogP contribution in [0.2, 0.25) is 0 Å². The van der Waals surface area contributed by atoms with Crippen LogP contribution in [0.25, 0.3) is 0 Å². The molecule has 2 heteroatoms. The van der Waals surface area contributed by atoms with E-state index >= 15 is 0 Å². The number of allylic oxidation sites excluding steroid dienone is 1. The molecule has 0 aromatic rings. The van der Waals surface area contributed by atoms with Gasteiger partial charge in [0.15, 0.2) is 0 Å². The molecule has 0 saturated heterocycles. The third kappa shape index (κ3) is 2.52. The van der Waals surface area contributed by atoms with Gasteiger partial charge in [0.25, 0.3) is 0 Å². The van der Waals surface area contributed by atoms with Crippen LogP contribution >= 0.6 is 11.6 Å². The largest absolute Gasteiger partial charge is 0.380 e. The summed E-state index contributed by atoms with van der Waals surface area (Å²) in [6.07, 6.45) is 0. The molecule has 0 rings (SSSR count). The molecule has 7 heavy (non-hydrogen) atoms. The fourth-order valence-electron chi connectivity index (χ4n) is 0.0976. The van der Waals surface area contributed by atoms with Gasteiger partial charge in [-0.3, -0.25) is 0 Å². The molecule has 0 amide bonds. The van der Waals surface area contributed by atoms with Crippen molar-refractivity contribution >= 4 is 11.6 Å². The van der Waals surface area contributed by atoms with E-state index in [1.807, 2.05) is 25.9 Å². The van der Waals surface area contributed by atoms with Gasteiger partial charge in [-0.25, -0.2) is 0 Å². The Balaban J connectivity index is 3.56. The second-order valence-corrected chi connectivity index (χ2v) is 1.86. The monoisotopic (exact) mass is 119 g/mol. The van der Waals surface area contributed by atoms with Crippen molar-refractivity contribution in [3.8, 4) is 0 Å². The molecule has 0 fully saturated rings. The summed E-state index contributed by atoms with van der Waals surface area (Å²) in [4.78, 5) is 1.95. The molecule has 0 heterocycles. The van der Waals surface area contributed by atoms with Crippen molar-refractivity contribution < 1.29 is 0 Å². The van der Waals surface area contributed by atoms with Crippen molar-refractivity contribution in [3.63, 3.8) is 0 Å². The molecule has 0 aromatic carbocycles. The molecule has 1 nitrogen and oxygen atoms in total. The maximum Gasteiger partial charge on any atom is 0.0231 e. The van der Waals surface area contributed by atoms with Crippen molar-refractivity contribution in [2.45, 2.75) is 6.92 Å². The minimum absolute atomic E-state index is 1.07. The van der Waals surface area contributed by atoms with E-state index in [4.69, 9.17) is 11.6 Å². The molecular weight excluding hydrogens is 110 g/mol. The normalized spacial score (nSPS) is 11.7. The smallest absolute Gasteiger partial charge is 0.0231 e. The van der Waals surface area contributed by atoms with E-state index in [0.717, 1.165) is 5.70 Å². The topological polar surface area (TPSA) is 3.24 Å². The molecule has 0 atom stereocenters. The molecule has 0 spiro atoms. The van der Waals surface area contributed by atoms with E-state index in [1.54, 1.807) is 5.54 Å². The highest BCUT2D eigenvalue weighted by Gasteiger charge is 1.84. The maximum atomic E-state index is 5.34. The van der Waals surface area contributed by atoms with Crippen molar-refractivity contribution in [3.05, 3.63) is 11.2 Å². The van der Waals surface area contributed by atoms with Gasteiger partial charge in [-0.2, -0.15) is 0 Å². The van der Waals surface area contributed by atoms with Crippen molar-refractivity contribution in [2.24, 2.45) is 0 Å². The van der Waals surface area contributed by atoms with Gasteiger partial charge in [-0.15, -0.1) is 0 Å². The van der Waals surface area contributed by atoms with Crippen LogP contribution in [-0.4, -0.2) is 19.0 Å². The Bertz CT molecular complexity index is 76.1. The first-order valence-electron chi connectivity index (χ1n) is 2.12. The Labute approximate surface area is 49.6 Å². The van der Waals surface area contributed by atoms with Gasteiger partial charge in [0, 0.05) is 25.3 Å². The molecule has 0 unspecified atom stereocenters. The van der Waals surface area contributed by atoms with Crippen LogP contribution in [0.1, 0.15) is 6.92 Å². The lowest BCUT2D eigenvalue weighted by atomic mass is 10.5. The van der Waals surface area contributed by atoms with E-state index in [1.165, 1.54) is 0 Å². The number of hydrogen-bond donors (Lipinski definition) is 0. The first-order chi connectivity index (χ1) is 3.18. The Morgan fingerprint density at radius 3 is 2.00 bits per heavy atom. The zero-order chi connectivity index (χ0) is 5.86. The van der Waals surface area contributed by atoms with Gasteiger partial charge in [0.1, 0.15) is 0 Å². The predicted octanol–water partition coefficient (Wildman–Crippen LogP) is 1.65. The van der Waals surface area contributed by atoms with Gasteiger partial charge in [0.05, 0.1) is 0 Å². The molecule has 0 aliphatic rings. The van der Waals surface area contributed by atoms with Crippen LogP contribution in [0.5, 0.6) is 0 Å². The predicted molar refractivity (Wildman–Crippen MR) is 33.3 cm³/mol. The molecule has 0 aliphatic carbocycles. The highest BCUT2D eigenvalue weighted by atomic mass is 35.5. The second kappa shape index (κ2) is 2.92. The zero-order valence-corrected chi connectivity index (χ0v) is 5.66. The molecule has 0 N–H and O–H groups in total. The molecule has 0 aliphatic heterocycles. The first-order valence-corrected chi connectivity index (χ1v) is 2.56. The Kier molecular flexibility index (Phi) is 2.84. The van der Waals surface area contributed by atoms with Crippen LogP contribution in [0.4, 0.5) is 0 Å². The van der Waals surface area contributed by atoms with E-state index in [0.29, 0.717) is 0 Å². The number of rotatable bonds is 1. The zero-order valence-electron chi connectivity index (χ0n) is 4.90. The van der Waals surface area contributed by atoms with Gasteiger partial charge in [0.2, 0.25) is 0 Å². The Hall–Kier alpha value is -0.170. The summed E-state index contributed by atoms with van der Waals surface area (Å²) < 4.78 is 0. The molecular formula is C5H10ClN. The lowest BCUT2D eigenvalue weighted by Crippen LogP contribution is -2.06. The average Bonchev–Trinajstić information content (AvgIpc) is 1.65. The third-order valence-electron chi connectivity index (χ3n) is 0.863. The fourth-order valence-corrected chi connectivity index (χ4v) is 0.293. The fraction of sp³-hybridized carbons (Fsp3) is 0.600. The Morgan fingerprint density at radius 1 is 1.57 bits per heavy atom. The minimum atomic E-state index is 1.07. The number of nitrogens with zero attached hydrogens (tertiary/aromatic N) is 1. The Morgan fingerprint density at radius 2 is 2.00 bits per heavy atom. The summed E-state index contributed by atoms with van der Waals surface area (Å²) in [7, 11) is 3.91. The number of halogens is 1. The van der Waals surface area contributed by atoms with Crippen LogP contribution in [0, 0.1) is 0 Å². The van der Waals surface area contributed by atoms with Gasteiger partial charge < -0.3 is 4.90 Å². The second-order valence-electron chi connectivity index (χ2n) is 1.64.